The highest BCUT2D eigenvalue weighted by Crippen LogP contribution is 2.27. The SMILES string of the molecule is COc1ccc(Cc2nnc(SCc3nc(-c4ccccc4Cl)no3)o2)cc1. The largest absolute Gasteiger partial charge is 0.497 e. The van der Waals surface area contributed by atoms with E-state index in [0.717, 1.165) is 16.9 Å². The number of hydrogen-bond acceptors (Lipinski definition) is 8. The summed E-state index contributed by atoms with van der Waals surface area (Å²) in [7, 11) is 1.64. The van der Waals surface area contributed by atoms with Crippen molar-refractivity contribution in [3.8, 4) is 17.1 Å². The molecule has 0 fully saturated rings. The Morgan fingerprint density at radius 2 is 1.86 bits per heavy atom. The lowest BCUT2D eigenvalue weighted by atomic mass is 10.1. The quantitative estimate of drug-likeness (QED) is 0.403. The number of benzene rings is 2. The van der Waals surface area contributed by atoms with Gasteiger partial charge in [-0.15, -0.1) is 10.2 Å². The maximum atomic E-state index is 6.16. The number of nitrogens with zero attached hydrogens (tertiary/aromatic N) is 4. The molecular weight excluding hydrogens is 400 g/mol. The number of thioether (sulfide) groups is 1. The third-order valence-electron chi connectivity index (χ3n) is 3.86. The Bertz CT molecular complexity index is 1060. The molecule has 0 spiro atoms. The van der Waals surface area contributed by atoms with E-state index < -0.39 is 0 Å². The summed E-state index contributed by atoms with van der Waals surface area (Å²) in [6, 6.07) is 15.1. The lowest BCUT2D eigenvalue weighted by molar-refractivity contribution is 0.389. The monoisotopic (exact) mass is 414 g/mol. The summed E-state index contributed by atoms with van der Waals surface area (Å²) in [5.74, 6) is 2.67. The molecule has 4 rings (SSSR count). The Labute approximate surface area is 170 Å². The van der Waals surface area contributed by atoms with Gasteiger partial charge in [-0.25, -0.2) is 0 Å². The van der Waals surface area contributed by atoms with Crippen molar-refractivity contribution in [3.63, 3.8) is 0 Å². The molecule has 0 atom stereocenters. The van der Waals surface area contributed by atoms with Crippen LogP contribution in [0.3, 0.4) is 0 Å². The minimum Gasteiger partial charge on any atom is -0.497 e. The molecule has 0 saturated carbocycles. The first-order chi connectivity index (χ1) is 13.7. The van der Waals surface area contributed by atoms with Crippen LogP contribution in [0.2, 0.25) is 5.02 Å². The van der Waals surface area contributed by atoms with Gasteiger partial charge in [0.1, 0.15) is 5.75 Å². The Morgan fingerprint density at radius 1 is 1.04 bits per heavy atom. The van der Waals surface area contributed by atoms with Crippen LogP contribution in [0.15, 0.2) is 62.7 Å². The van der Waals surface area contributed by atoms with E-state index in [-0.39, 0.29) is 0 Å². The predicted molar refractivity (Wildman–Crippen MR) is 104 cm³/mol. The van der Waals surface area contributed by atoms with Crippen molar-refractivity contribution < 1.29 is 13.7 Å². The van der Waals surface area contributed by atoms with Gasteiger partial charge in [0, 0.05) is 5.56 Å². The van der Waals surface area contributed by atoms with Crippen LogP contribution >= 0.6 is 23.4 Å². The summed E-state index contributed by atoms with van der Waals surface area (Å²) in [5.41, 5.74) is 1.78. The van der Waals surface area contributed by atoms with Gasteiger partial charge in [-0.3, -0.25) is 0 Å². The van der Waals surface area contributed by atoms with E-state index in [1.54, 1.807) is 13.2 Å². The van der Waals surface area contributed by atoms with Crippen LogP contribution in [0.25, 0.3) is 11.4 Å². The van der Waals surface area contributed by atoms with Crippen LogP contribution in [-0.2, 0) is 12.2 Å². The number of methoxy groups -OCH3 is 1. The van der Waals surface area contributed by atoms with Gasteiger partial charge in [-0.05, 0) is 29.8 Å². The van der Waals surface area contributed by atoms with Crippen LogP contribution in [0.5, 0.6) is 5.75 Å². The second-order valence-electron chi connectivity index (χ2n) is 5.77. The number of hydrogen-bond donors (Lipinski definition) is 0. The first-order valence-electron chi connectivity index (χ1n) is 8.37. The number of ether oxygens (including phenoxy) is 1. The van der Waals surface area contributed by atoms with Crippen molar-refractivity contribution >= 4 is 23.4 Å². The zero-order valence-electron chi connectivity index (χ0n) is 14.8. The maximum absolute atomic E-state index is 6.16. The normalized spacial score (nSPS) is 10.9. The van der Waals surface area contributed by atoms with Gasteiger partial charge in [-0.1, -0.05) is 52.8 Å². The summed E-state index contributed by atoms with van der Waals surface area (Å²) in [5, 5.41) is 13.1. The van der Waals surface area contributed by atoms with Crippen molar-refractivity contribution in [3.05, 3.63) is 70.9 Å². The summed E-state index contributed by atoms with van der Waals surface area (Å²) in [6.07, 6.45) is 0.550. The van der Waals surface area contributed by atoms with Crippen molar-refractivity contribution in [1.29, 1.82) is 0 Å². The standard InChI is InChI=1S/C19H15ClN4O3S/c1-25-13-8-6-12(7-9-13)10-16-22-23-19(26-16)28-11-17-21-18(24-27-17)14-4-2-3-5-15(14)20/h2-9H,10-11H2,1H3. The first-order valence-corrected chi connectivity index (χ1v) is 9.73. The molecule has 2 aromatic heterocycles. The molecule has 0 N–H and O–H groups in total. The zero-order chi connectivity index (χ0) is 19.3. The van der Waals surface area contributed by atoms with E-state index in [4.69, 9.17) is 25.3 Å². The Hall–Kier alpha value is -2.84. The van der Waals surface area contributed by atoms with Gasteiger partial charge < -0.3 is 13.7 Å². The molecule has 0 unspecified atom stereocenters. The molecule has 0 aliphatic rings. The summed E-state index contributed by atoms with van der Waals surface area (Å²) >= 11 is 7.49. The lowest BCUT2D eigenvalue weighted by Gasteiger charge is -2.00. The van der Waals surface area contributed by atoms with E-state index in [2.05, 4.69) is 20.3 Å². The van der Waals surface area contributed by atoms with Gasteiger partial charge in [-0.2, -0.15) is 4.98 Å². The summed E-state index contributed by atoms with van der Waals surface area (Å²) in [6.45, 7) is 0. The Kier molecular flexibility index (Phi) is 5.59. The molecule has 0 radical (unpaired) electrons. The van der Waals surface area contributed by atoms with Crippen molar-refractivity contribution in [2.45, 2.75) is 17.4 Å². The van der Waals surface area contributed by atoms with E-state index in [0.29, 0.717) is 40.0 Å². The molecule has 2 aromatic carbocycles. The van der Waals surface area contributed by atoms with Crippen molar-refractivity contribution in [2.75, 3.05) is 7.11 Å². The highest BCUT2D eigenvalue weighted by Gasteiger charge is 2.14. The van der Waals surface area contributed by atoms with Crippen LogP contribution in [0.4, 0.5) is 0 Å². The van der Waals surface area contributed by atoms with E-state index in [9.17, 15) is 0 Å². The molecule has 4 aromatic rings. The van der Waals surface area contributed by atoms with Crippen molar-refractivity contribution in [2.24, 2.45) is 0 Å². The second-order valence-corrected chi connectivity index (χ2v) is 7.10. The smallest absolute Gasteiger partial charge is 0.277 e. The fourth-order valence-corrected chi connectivity index (χ4v) is 3.31. The minimum atomic E-state index is 0.418. The minimum absolute atomic E-state index is 0.418. The zero-order valence-corrected chi connectivity index (χ0v) is 16.4. The molecule has 142 valence electrons. The molecule has 0 aliphatic carbocycles. The summed E-state index contributed by atoms with van der Waals surface area (Å²) < 4.78 is 16.1. The first kappa shape index (κ1) is 18.5. The maximum Gasteiger partial charge on any atom is 0.277 e. The average Bonchev–Trinajstić information content (AvgIpc) is 3.37. The highest BCUT2D eigenvalue weighted by molar-refractivity contribution is 7.98. The molecule has 28 heavy (non-hydrogen) atoms. The molecule has 0 amide bonds. The highest BCUT2D eigenvalue weighted by atomic mass is 35.5. The molecule has 0 bridgehead atoms. The topological polar surface area (TPSA) is 87.1 Å². The average molecular weight is 415 g/mol. The second kappa shape index (κ2) is 8.45. The Morgan fingerprint density at radius 3 is 2.64 bits per heavy atom. The molecule has 7 nitrogen and oxygen atoms in total. The van der Waals surface area contributed by atoms with Crippen molar-refractivity contribution in [1.82, 2.24) is 20.3 Å². The van der Waals surface area contributed by atoms with Gasteiger partial charge in [0.25, 0.3) is 5.22 Å². The predicted octanol–water partition coefficient (Wildman–Crippen LogP) is 4.66. The van der Waals surface area contributed by atoms with Crippen LogP contribution in [0.1, 0.15) is 17.3 Å². The molecule has 0 saturated heterocycles. The summed E-state index contributed by atoms with van der Waals surface area (Å²) in [4.78, 5) is 4.36. The fourth-order valence-electron chi connectivity index (χ4n) is 2.47. The van der Waals surface area contributed by atoms with Crippen LogP contribution in [-0.4, -0.2) is 27.4 Å². The van der Waals surface area contributed by atoms with Crippen LogP contribution < -0.4 is 4.74 Å². The van der Waals surface area contributed by atoms with Crippen LogP contribution in [0, 0.1) is 0 Å². The van der Waals surface area contributed by atoms with Gasteiger partial charge in [0.15, 0.2) is 0 Å². The fraction of sp³-hybridized carbons (Fsp3) is 0.158. The van der Waals surface area contributed by atoms with Gasteiger partial charge in [0.2, 0.25) is 17.6 Å². The molecule has 9 heteroatoms. The van der Waals surface area contributed by atoms with E-state index >= 15 is 0 Å². The van der Waals surface area contributed by atoms with Gasteiger partial charge >= 0.3 is 0 Å². The number of halogens is 1. The number of aromatic nitrogens is 4. The third-order valence-corrected chi connectivity index (χ3v) is 5.00. The van der Waals surface area contributed by atoms with Gasteiger partial charge in [0.05, 0.1) is 24.3 Å². The lowest BCUT2D eigenvalue weighted by Crippen LogP contribution is -1.89. The number of rotatable bonds is 7. The molecular formula is C19H15ClN4O3S. The third kappa shape index (κ3) is 4.35. The molecule has 0 aliphatic heterocycles. The molecule has 2 heterocycles. The Balaban J connectivity index is 1.36. The van der Waals surface area contributed by atoms with E-state index in [1.165, 1.54) is 11.8 Å². The van der Waals surface area contributed by atoms with E-state index in [1.807, 2.05) is 42.5 Å².